The number of hydrogen-bond acceptors (Lipinski definition) is 3. The lowest BCUT2D eigenvalue weighted by atomic mass is 10.0. The molecule has 0 amide bonds. The van der Waals surface area contributed by atoms with Crippen molar-refractivity contribution in [1.29, 1.82) is 0 Å². The van der Waals surface area contributed by atoms with E-state index >= 15 is 0 Å². The van der Waals surface area contributed by atoms with Gasteiger partial charge in [-0.3, -0.25) is 0 Å². The number of ether oxygens (including phenoxy) is 1. The molecule has 0 bridgehead atoms. The van der Waals surface area contributed by atoms with Gasteiger partial charge in [-0.15, -0.1) is 11.3 Å². The van der Waals surface area contributed by atoms with Crippen molar-refractivity contribution in [3.05, 3.63) is 14.5 Å². The molecule has 1 aliphatic heterocycles. The van der Waals surface area contributed by atoms with Crippen molar-refractivity contribution in [1.82, 2.24) is 4.98 Å². The Kier molecular flexibility index (Phi) is 1.89. The fourth-order valence-electron chi connectivity index (χ4n) is 1.84. The molecule has 0 atom stereocenters. The number of rotatable bonds is 0. The Morgan fingerprint density at radius 2 is 1.85 bits per heavy atom. The van der Waals surface area contributed by atoms with Crippen LogP contribution in [0.25, 0.3) is 0 Å². The Balaban J connectivity index is 2.63. The number of thiazole rings is 1. The first-order chi connectivity index (χ1) is 5.83. The van der Waals surface area contributed by atoms with Gasteiger partial charge < -0.3 is 4.74 Å². The maximum atomic E-state index is 5.93. The quantitative estimate of drug-likeness (QED) is 0.714. The molecule has 72 valence electrons. The van der Waals surface area contributed by atoms with Gasteiger partial charge in [0.1, 0.15) is 5.60 Å². The SMILES string of the molecule is CC1(C)OC(C)(C)c2sc(Br)nc21. The number of hydrogen-bond donors (Lipinski definition) is 0. The number of nitrogens with zero attached hydrogens (tertiary/aromatic N) is 1. The van der Waals surface area contributed by atoms with Crippen LogP contribution in [-0.2, 0) is 15.9 Å². The van der Waals surface area contributed by atoms with Crippen molar-refractivity contribution in [2.75, 3.05) is 0 Å². The van der Waals surface area contributed by atoms with Crippen LogP contribution >= 0.6 is 27.3 Å². The lowest BCUT2D eigenvalue weighted by molar-refractivity contribution is -0.105. The summed E-state index contributed by atoms with van der Waals surface area (Å²) < 4.78 is 6.87. The lowest BCUT2D eigenvalue weighted by Crippen LogP contribution is -2.23. The van der Waals surface area contributed by atoms with Gasteiger partial charge in [0, 0.05) is 0 Å². The highest BCUT2D eigenvalue weighted by Crippen LogP contribution is 2.49. The molecule has 1 aromatic heterocycles. The van der Waals surface area contributed by atoms with E-state index in [1.54, 1.807) is 11.3 Å². The molecular weight excluding hydrogens is 250 g/mol. The third-order valence-corrected chi connectivity index (χ3v) is 4.04. The van der Waals surface area contributed by atoms with Gasteiger partial charge in [-0.05, 0) is 43.6 Å². The van der Waals surface area contributed by atoms with Crippen LogP contribution in [0.5, 0.6) is 0 Å². The molecule has 0 saturated carbocycles. The monoisotopic (exact) mass is 261 g/mol. The average Bonchev–Trinajstić information content (AvgIpc) is 2.34. The molecule has 2 heterocycles. The number of fused-ring (bicyclic) bond motifs is 1. The molecule has 0 N–H and O–H groups in total. The molecule has 1 aliphatic rings. The van der Waals surface area contributed by atoms with E-state index in [2.05, 4.69) is 48.6 Å². The predicted molar refractivity (Wildman–Crippen MR) is 57.0 cm³/mol. The summed E-state index contributed by atoms with van der Waals surface area (Å²) in [5.74, 6) is 0. The van der Waals surface area contributed by atoms with Gasteiger partial charge >= 0.3 is 0 Å². The van der Waals surface area contributed by atoms with Crippen molar-refractivity contribution in [2.24, 2.45) is 0 Å². The molecule has 0 aromatic carbocycles. The van der Waals surface area contributed by atoms with Crippen LogP contribution in [0.1, 0.15) is 38.3 Å². The maximum Gasteiger partial charge on any atom is 0.159 e. The smallest absolute Gasteiger partial charge is 0.159 e. The van der Waals surface area contributed by atoms with Crippen LogP contribution in [0, 0.1) is 0 Å². The highest BCUT2D eigenvalue weighted by Gasteiger charge is 2.46. The summed E-state index contributed by atoms with van der Waals surface area (Å²) in [6.45, 7) is 8.30. The first kappa shape index (κ1) is 9.62. The molecule has 0 radical (unpaired) electrons. The highest BCUT2D eigenvalue weighted by molar-refractivity contribution is 9.11. The first-order valence-electron chi connectivity index (χ1n) is 4.20. The third kappa shape index (κ3) is 1.35. The van der Waals surface area contributed by atoms with E-state index in [9.17, 15) is 0 Å². The minimum atomic E-state index is -0.249. The van der Waals surface area contributed by atoms with E-state index in [1.165, 1.54) is 4.88 Å². The van der Waals surface area contributed by atoms with E-state index < -0.39 is 0 Å². The van der Waals surface area contributed by atoms with Crippen LogP contribution in [0.3, 0.4) is 0 Å². The summed E-state index contributed by atoms with van der Waals surface area (Å²) in [7, 11) is 0. The zero-order chi connectivity index (χ0) is 9.85. The molecule has 0 aliphatic carbocycles. The Hall–Kier alpha value is 0.0700. The van der Waals surface area contributed by atoms with Crippen LogP contribution in [0.4, 0.5) is 0 Å². The average molecular weight is 262 g/mol. The molecule has 4 heteroatoms. The number of aromatic nitrogens is 1. The van der Waals surface area contributed by atoms with E-state index in [1.807, 2.05) is 0 Å². The first-order valence-corrected chi connectivity index (χ1v) is 5.81. The van der Waals surface area contributed by atoms with Crippen molar-refractivity contribution >= 4 is 27.3 Å². The largest absolute Gasteiger partial charge is 0.358 e. The van der Waals surface area contributed by atoms with Gasteiger partial charge in [-0.1, -0.05) is 0 Å². The fourth-order valence-corrected chi connectivity index (χ4v) is 3.49. The normalized spacial score (nSPS) is 23.2. The molecule has 0 spiro atoms. The van der Waals surface area contributed by atoms with Gasteiger partial charge in [0.15, 0.2) is 3.92 Å². The Morgan fingerprint density at radius 1 is 1.23 bits per heavy atom. The second-order valence-corrected chi connectivity index (χ2v) is 6.54. The molecule has 0 fully saturated rings. The van der Waals surface area contributed by atoms with E-state index in [0.29, 0.717) is 0 Å². The van der Waals surface area contributed by atoms with Gasteiger partial charge in [0.25, 0.3) is 0 Å². The van der Waals surface area contributed by atoms with Gasteiger partial charge in [-0.2, -0.15) is 0 Å². The second-order valence-electron chi connectivity index (χ2n) is 4.27. The van der Waals surface area contributed by atoms with Crippen LogP contribution in [-0.4, -0.2) is 4.98 Å². The Morgan fingerprint density at radius 3 is 2.38 bits per heavy atom. The van der Waals surface area contributed by atoms with Crippen molar-refractivity contribution in [3.63, 3.8) is 0 Å². The minimum Gasteiger partial charge on any atom is -0.358 e. The summed E-state index contributed by atoms with van der Waals surface area (Å²) in [5.41, 5.74) is 0.638. The van der Waals surface area contributed by atoms with E-state index in [0.717, 1.165) is 9.61 Å². The number of halogens is 1. The van der Waals surface area contributed by atoms with Crippen LogP contribution in [0.15, 0.2) is 3.92 Å². The van der Waals surface area contributed by atoms with Gasteiger partial charge in [0.2, 0.25) is 0 Å². The topological polar surface area (TPSA) is 22.1 Å². The zero-order valence-electron chi connectivity index (χ0n) is 8.14. The van der Waals surface area contributed by atoms with Crippen molar-refractivity contribution in [2.45, 2.75) is 38.9 Å². The van der Waals surface area contributed by atoms with E-state index in [-0.39, 0.29) is 11.2 Å². The zero-order valence-corrected chi connectivity index (χ0v) is 10.5. The fraction of sp³-hybridized carbons (Fsp3) is 0.667. The summed E-state index contributed by atoms with van der Waals surface area (Å²) in [6, 6.07) is 0. The van der Waals surface area contributed by atoms with Gasteiger partial charge in [-0.25, -0.2) is 4.98 Å². The standard InChI is InChI=1S/C9H12BrNOS/c1-8(2)5-6(9(3,4)12-8)13-7(10)11-5/h1-4H3. The van der Waals surface area contributed by atoms with Crippen LogP contribution < -0.4 is 0 Å². The molecule has 1 aromatic rings. The summed E-state index contributed by atoms with van der Waals surface area (Å²) >= 11 is 5.08. The molecule has 0 unspecified atom stereocenters. The second kappa shape index (κ2) is 2.55. The molecule has 2 rings (SSSR count). The van der Waals surface area contributed by atoms with E-state index in [4.69, 9.17) is 4.74 Å². The Labute approximate surface area is 90.5 Å². The molecule has 2 nitrogen and oxygen atoms in total. The highest BCUT2D eigenvalue weighted by atomic mass is 79.9. The van der Waals surface area contributed by atoms with Crippen molar-refractivity contribution in [3.8, 4) is 0 Å². The maximum absolute atomic E-state index is 5.93. The molecule has 13 heavy (non-hydrogen) atoms. The summed E-state index contributed by atoms with van der Waals surface area (Å²) in [5, 5.41) is 0. The predicted octanol–water partition coefficient (Wildman–Crippen LogP) is 3.41. The third-order valence-electron chi connectivity index (χ3n) is 2.23. The van der Waals surface area contributed by atoms with Crippen molar-refractivity contribution < 1.29 is 4.74 Å². The van der Waals surface area contributed by atoms with Gasteiger partial charge in [0.05, 0.1) is 16.2 Å². The molecular formula is C9H12BrNOS. The summed E-state index contributed by atoms with van der Waals surface area (Å²) in [4.78, 5) is 5.69. The Bertz CT molecular complexity index is 325. The minimum absolute atomic E-state index is 0.192. The van der Waals surface area contributed by atoms with Crippen LogP contribution in [0.2, 0.25) is 0 Å². The lowest BCUT2D eigenvalue weighted by Gasteiger charge is -2.24. The summed E-state index contributed by atoms with van der Waals surface area (Å²) in [6.07, 6.45) is 0. The molecule has 0 saturated heterocycles.